The van der Waals surface area contributed by atoms with Crippen LogP contribution in [0.1, 0.15) is 58.8 Å². The van der Waals surface area contributed by atoms with Crippen LogP contribution < -0.4 is 4.72 Å². The average Bonchev–Trinajstić information content (AvgIpc) is 2.31. The lowest BCUT2D eigenvalue weighted by molar-refractivity contribution is -0.0444. The second-order valence-corrected chi connectivity index (χ2v) is 7.94. The van der Waals surface area contributed by atoms with Gasteiger partial charge in [0.1, 0.15) is 0 Å². The predicted octanol–water partition coefficient (Wildman–Crippen LogP) is 2.04. The van der Waals surface area contributed by atoms with E-state index in [1.165, 1.54) is 19.3 Å². The third-order valence-corrected chi connectivity index (χ3v) is 5.76. The Morgan fingerprint density at radius 3 is 2.00 bits per heavy atom. The minimum Gasteiger partial charge on any atom is -0.373 e. The largest absolute Gasteiger partial charge is 0.373 e. The monoisotopic (exact) mass is 304 g/mol. The number of hydrogen-bond donors (Lipinski definition) is 1. The van der Waals surface area contributed by atoms with Gasteiger partial charge in [-0.15, -0.1) is 0 Å². The molecule has 0 unspecified atom stereocenters. The van der Waals surface area contributed by atoms with Crippen molar-refractivity contribution in [3.05, 3.63) is 0 Å². The van der Waals surface area contributed by atoms with Crippen LogP contribution >= 0.6 is 0 Å². The maximum Gasteiger partial charge on any atom is 0.279 e. The summed E-state index contributed by atoms with van der Waals surface area (Å²) < 4.78 is 35.1. The van der Waals surface area contributed by atoms with Gasteiger partial charge in [-0.3, -0.25) is 0 Å². The van der Waals surface area contributed by atoms with Crippen LogP contribution in [0.2, 0.25) is 0 Å². The summed E-state index contributed by atoms with van der Waals surface area (Å²) in [5, 5.41) is 0. The van der Waals surface area contributed by atoms with Crippen LogP contribution in [0, 0.1) is 0 Å². The Bertz CT molecular complexity index is 381. The van der Waals surface area contributed by atoms with Gasteiger partial charge in [-0.05, 0) is 26.7 Å². The molecule has 0 bridgehead atoms. The van der Waals surface area contributed by atoms with Crippen LogP contribution in [0.15, 0.2) is 0 Å². The lowest BCUT2D eigenvalue weighted by Crippen LogP contribution is -2.53. The number of ether oxygens (including phenoxy) is 1. The van der Waals surface area contributed by atoms with Crippen LogP contribution in [0.4, 0.5) is 0 Å². The van der Waals surface area contributed by atoms with Crippen molar-refractivity contribution < 1.29 is 13.2 Å². The van der Waals surface area contributed by atoms with Gasteiger partial charge in [-0.25, -0.2) is 0 Å². The van der Waals surface area contributed by atoms with E-state index in [1.807, 2.05) is 13.8 Å². The Balaban J connectivity index is 1.94. The van der Waals surface area contributed by atoms with Crippen LogP contribution in [-0.4, -0.2) is 44.1 Å². The number of morpholine rings is 1. The van der Waals surface area contributed by atoms with Crippen LogP contribution in [0.25, 0.3) is 0 Å². The van der Waals surface area contributed by atoms with Crippen molar-refractivity contribution in [3.8, 4) is 0 Å². The molecule has 118 valence electrons. The lowest BCUT2D eigenvalue weighted by Gasteiger charge is -2.35. The smallest absolute Gasteiger partial charge is 0.279 e. The zero-order valence-electron chi connectivity index (χ0n) is 12.7. The Labute approximate surface area is 123 Å². The summed E-state index contributed by atoms with van der Waals surface area (Å²) >= 11 is 0. The van der Waals surface area contributed by atoms with Crippen molar-refractivity contribution in [3.63, 3.8) is 0 Å². The molecule has 2 atom stereocenters. The molecule has 1 saturated carbocycles. The molecule has 2 rings (SSSR count). The highest BCUT2D eigenvalue weighted by Crippen LogP contribution is 2.19. The second kappa shape index (κ2) is 7.20. The standard InChI is InChI=1S/C14H28N2O3S/c1-12-10-16(11-13(2)19-12)20(17,18)15-14-8-6-4-3-5-7-9-14/h12-15H,3-11H2,1-2H3/t12-,13-/m0/s1. The van der Waals surface area contributed by atoms with Gasteiger partial charge in [-0.2, -0.15) is 17.4 Å². The van der Waals surface area contributed by atoms with E-state index in [1.54, 1.807) is 4.31 Å². The molecule has 0 aromatic rings. The van der Waals surface area contributed by atoms with E-state index in [-0.39, 0.29) is 18.2 Å². The maximum atomic E-state index is 12.5. The number of nitrogens with zero attached hydrogens (tertiary/aromatic N) is 1. The van der Waals surface area contributed by atoms with Gasteiger partial charge < -0.3 is 4.74 Å². The first kappa shape index (κ1) is 16.2. The van der Waals surface area contributed by atoms with Crippen molar-refractivity contribution in [1.82, 2.24) is 9.03 Å². The molecular formula is C14H28N2O3S. The zero-order chi connectivity index (χ0) is 14.6. The van der Waals surface area contributed by atoms with Gasteiger partial charge >= 0.3 is 0 Å². The van der Waals surface area contributed by atoms with Crippen molar-refractivity contribution in [1.29, 1.82) is 0 Å². The van der Waals surface area contributed by atoms with Crippen molar-refractivity contribution >= 4 is 10.2 Å². The minimum absolute atomic E-state index is 0.0346. The fourth-order valence-electron chi connectivity index (χ4n) is 3.19. The second-order valence-electron chi connectivity index (χ2n) is 6.24. The Hall–Kier alpha value is -0.170. The molecule has 5 nitrogen and oxygen atoms in total. The van der Waals surface area contributed by atoms with Crippen LogP contribution in [-0.2, 0) is 14.9 Å². The van der Waals surface area contributed by atoms with E-state index in [9.17, 15) is 8.42 Å². The quantitative estimate of drug-likeness (QED) is 0.868. The summed E-state index contributed by atoms with van der Waals surface area (Å²) in [6.07, 6.45) is 7.86. The first-order chi connectivity index (χ1) is 9.47. The van der Waals surface area contributed by atoms with Gasteiger partial charge in [-0.1, -0.05) is 32.1 Å². The molecule has 0 amide bonds. The molecule has 1 aliphatic heterocycles. The van der Waals surface area contributed by atoms with Gasteiger partial charge in [0.15, 0.2) is 0 Å². The summed E-state index contributed by atoms with van der Waals surface area (Å²) in [5.74, 6) is 0. The number of hydrogen-bond acceptors (Lipinski definition) is 3. The highest BCUT2D eigenvalue weighted by atomic mass is 32.2. The summed E-state index contributed by atoms with van der Waals surface area (Å²) in [5.41, 5.74) is 0. The fourth-order valence-corrected chi connectivity index (χ4v) is 4.80. The molecule has 1 saturated heterocycles. The van der Waals surface area contributed by atoms with Gasteiger partial charge in [0.05, 0.1) is 12.2 Å². The highest BCUT2D eigenvalue weighted by Gasteiger charge is 2.32. The third kappa shape index (κ3) is 4.69. The first-order valence-electron chi connectivity index (χ1n) is 7.90. The van der Waals surface area contributed by atoms with Crippen molar-refractivity contribution in [2.75, 3.05) is 13.1 Å². The Kier molecular flexibility index (Phi) is 5.84. The van der Waals surface area contributed by atoms with E-state index in [4.69, 9.17) is 4.74 Å². The van der Waals surface area contributed by atoms with E-state index in [2.05, 4.69) is 4.72 Å². The van der Waals surface area contributed by atoms with Gasteiger partial charge in [0.2, 0.25) is 0 Å². The maximum absolute atomic E-state index is 12.5. The van der Waals surface area contributed by atoms with E-state index < -0.39 is 10.2 Å². The molecule has 1 N–H and O–H groups in total. The molecule has 2 aliphatic rings. The molecule has 1 aliphatic carbocycles. The topological polar surface area (TPSA) is 58.6 Å². The molecule has 0 aromatic heterocycles. The third-order valence-electron chi connectivity index (χ3n) is 4.15. The SMILES string of the molecule is C[C@H]1CN(S(=O)(=O)NC2CCCCCCC2)C[C@H](C)O1. The molecule has 2 fully saturated rings. The first-order valence-corrected chi connectivity index (χ1v) is 9.34. The lowest BCUT2D eigenvalue weighted by atomic mass is 9.97. The molecule has 20 heavy (non-hydrogen) atoms. The van der Waals surface area contributed by atoms with Crippen LogP contribution in [0.5, 0.6) is 0 Å². The predicted molar refractivity (Wildman–Crippen MR) is 79.7 cm³/mol. The van der Waals surface area contributed by atoms with Crippen molar-refractivity contribution in [2.24, 2.45) is 0 Å². The van der Waals surface area contributed by atoms with Crippen LogP contribution in [0.3, 0.4) is 0 Å². The number of nitrogens with one attached hydrogen (secondary N) is 1. The molecular weight excluding hydrogens is 276 g/mol. The molecule has 0 radical (unpaired) electrons. The van der Waals surface area contributed by atoms with Gasteiger partial charge in [0, 0.05) is 19.1 Å². The molecule has 6 heteroatoms. The summed E-state index contributed by atoms with van der Waals surface area (Å²) in [4.78, 5) is 0. The zero-order valence-corrected chi connectivity index (χ0v) is 13.5. The average molecular weight is 304 g/mol. The molecule has 0 spiro atoms. The summed E-state index contributed by atoms with van der Waals surface area (Å²) in [6.45, 7) is 4.75. The Morgan fingerprint density at radius 1 is 0.950 bits per heavy atom. The van der Waals surface area contributed by atoms with E-state index >= 15 is 0 Å². The summed E-state index contributed by atoms with van der Waals surface area (Å²) in [6, 6.07) is 0.105. The minimum atomic E-state index is -3.37. The van der Waals surface area contributed by atoms with E-state index in [0.717, 1.165) is 25.7 Å². The Morgan fingerprint density at radius 2 is 1.45 bits per heavy atom. The normalized spacial score (nSPS) is 31.7. The highest BCUT2D eigenvalue weighted by molar-refractivity contribution is 7.87. The molecule has 1 heterocycles. The molecule has 0 aromatic carbocycles. The number of rotatable bonds is 3. The van der Waals surface area contributed by atoms with E-state index in [0.29, 0.717) is 13.1 Å². The van der Waals surface area contributed by atoms with Crippen molar-refractivity contribution in [2.45, 2.75) is 77.0 Å². The fraction of sp³-hybridized carbons (Fsp3) is 1.00. The summed E-state index contributed by atoms with van der Waals surface area (Å²) in [7, 11) is -3.37. The van der Waals surface area contributed by atoms with Gasteiger partial charge in [0.25, 0.3) is 10.2 Å².